The van der Waals surface area contributed by atoms with Crippen LogP contribution in [0.25, 0.3) is 10.9 Å². The van der Waals surface area contributed by atoms with Crippen LogP contribution in [0.2, 0.25) is 0 Å². The SMILES string of the molecule is COc1cc2nn(C3CCC(N)CC3)cc2cc1NC(=O)c1cccc(C(F)(F)F)n1.Cl. The first-order valence-corrected chi connectivity index (χ1v) is 9.92. The molecule has 1 aromatic carbocycles. The van der Waals surface area contributed by atoms with Crippen molar-refractivity contribution in [3.8, 4) is 5.75 Å². The predicted molar refractivity (Wildman–Crippen MR) is 116 cm³/mol. The van der Waals surface area contributed by atoms with Crippen molar-refractivity contribution < 1.29 is 22.7 Å². The van der Waals surface area contributed by atoms with Crippen LogP contribution in [0.3, 0.4) is 0 Å². The molecule has 3 N–H and O–H groups in total. The number of ether oxygens (including phenoxy) is 1. The summed E-state index contributed by atoms with van der Waals surface area (Å²) in [6.07, 6.45) is 1.03. The average Bonchev–Trinajstić information content (AvgIpc) is 3.16. The Kier molecular flexibility index (Phi) is 6.94. The van der Waals surface area contributed by atoms with Crippen LogP contribution in [0, 0.1) is 0 Å². The quantitative estimate of drug-likeness (QED) is 0.583. The van der Waals surface area contributed by atoms with Crippen LogP contribution < -0.4 is 15.8 Å². The maximum atomic E-state index is 12.9. The van der Waals surface area contributed by atoms with Gasteiger partial charge >= 0.3 is 6.18 Å². The van der Waals surface area contributed by atoms with Crippen molar-refractivity contribution in [1.82, 2.24) is 14.8 Å². The van der Waals surface area contributed by atoms with Crippen LogP contribution in [-0.4, -0.2) is 33.8 Å². The van der Waals surface area contributed by atoms with Crippen molar-refractivity contribution in [2.75, 3.05) is 12.4 Å². The van der Waals surface area contributed by atoms with E-state index in [1.54, 1.807) is 12.1 Å². The van der Waals surface area contributed by atoms with Crippen molar-refractivity contribution >= 4 is 34.9 Å². The number of carbonyl (C=O) groups is 1. The monoisotopic (exact) mass is 469 g/mol. The maximum Gasteiger partial charge on any atom is 0.433 e. The molecule has 1 aliphatic rings. The third-order valence-corrected chi connectivity index (χ3v) is 5.48. The summed E-state index contributed by atoms with van der Waals surface area (Å²) in [5.74, 6) is -0.416. The number of hydrogen-bond donors (Lipinski definition) is 2. The summed E-state index contributed by atoms with van der Waals surface area (Å²) in [5, 5.41) is 8.01. The summed E-state index contributed by atoms with van der Waals surface area (Å²) < 4.78 is 46.0. The number of pyridine rings is 1. The van der Waals surface area contributed by atoms with E-state index in [0.717, 1.165) is 43.2 Å². The summed E-state index contributed by atoms with van der Waals surface area (Å²) in [6.45, 7) is 0. The summed E-state index contributed by atoms with van der Waals surface area (Å²) in [4.78, 5) is 16.0. The molecule has 3 aromatic rings. The van der Waals surface area contributed by atoms with Crippen LogP contribution in [0.4, 0.5) is 18.9 Å². The molecular weight excluding hydrogens is 447 g/mol. The number of amides is 1. The third kappa shape index (κ3) is 4.97. The molecule has 0 saturated heterocycles. The zero-order valence-electron chi connectivity index (χ0n) is 17.2. The van der Waals surface area contributed by atoms with E-state index < -0.39 is 17.8 Å². The van der Waals surface area contributed by atoms with Crippen molar-refractivity contribution in [3.05, 3.63) is 47.9 Å². The number of benzene rings is 1. The number of nitrogens with one attached hydrogen (secondary N) is 1. The summed E-state index contributed by atoms with van der Waals surface area (Å²) >= 11 is 0. The molecule has 0 unspecified atom stereocenters. The molecule has 2 heterocycles. The van der Waals surface area contributed by atoms with Gasteiger partial charge in [-0.25, -0.2) is 4.98 Å². The van der Waals surface area contributed by atoms with E-state index in [4.69, 9.17) is 10.5 Å². The topological polar surface area (TPSA) is 95.1 Å². The van der Waals surface area contributed by atoms with Gasteiger partial charge in [0.1, 0.15) is 17.1 Å². The fraction of sp³-hybridized carbons (Fsp3) is 0.381. The van der Waals surface area contributed by atoms with Gasteiger partial charge in [0.05, 0.1) is 24.4 Å². The van der Waals surface area contributed by atoms with Gasteiger partial charge < -0.3 is 15.8 Å². The minimum Gasteiger partial charge on any atom is -0.494 e. The largest absolute Gasteiger partial charge is 0.494 e. The van der Waals surface area contributed by atoms with Crippen LogP contribution in [0.1, 0.15) is 47.9 Å². The summed E-state index contributed by atoms with van der Waals surface area (Å²) in [7, 11) is 1.44. The minimum absolute atomic E-state index is 0. The van der Waals surface area contributed by atoms with Gasteiger partial charge in [-0.3, -0.25) is 9.48 Å². The Hall–Kier alpha value is -2.85. The van der Waals surface area contributed by atoms with Crippen LogP contribution in [0.5, 0.6) is 5.75 Å². The number of fused-ring (bicyclic) bond motifs is 1. The molecular formula is C21H23ClF3N5O2. The third-order valence-electron chi connectivity index (χ3n) is 5.48. The number of aromatic nitrogens is 3. The smallest absolute Gasteiger partial charge is 0.433 e. The molecule has 1 fully saturated rings. The fourth-order valence-corrected chi connectivity index (χ4v) is 3.80. The molecule has 1 saturated carbocycles. The summed E-state index contributed by atoms with van der Waals surface area (Å²) in [6, 6.07) is 7.05. The predicted octanol–water partition coefficient (Wildman–Crippen LogP) is 4.58. The van der Waals surface area contributed by atoms with Gasteiger partial charge in [0.25, 0.3) is 5.91 Å². The Morgan fingerprint density at radius 1 is 1.22 bits per heavy atom. The zero-order valence-corrected chi connectivity index (χ0v) is 18.0. The lowest BCUT2D eigenvalue weighted by Crippen LogP contribution is -2.27. The van der Waals surface area contributed by atoms with E-state index in [2.05, 4.69) is 15.4 Å². The number of nitrogens with two attached hydrogens (primary N) is 1. The zero-order chi connectivity index (χ0) is 22.2. The lowest BCUT2D eigenvalue weighted by Gasteiger charge is -2.26. The number of methoxy groups -OCH3 is 1. The molecule has 0 atom stereocenters. The maximum absolute atomic E-state index is 12.9. The molecule has 1 aliphatic carbocycles. The lowest BCUT2D eigenvalue weighted by atomic mass is 9.92. The summed E-state index contributed by atoms with van der Waals surface area (Å²) in [5.41, 5.74) is 5.53. The van der Waals surface area contributed by atoms with Gasteiger partial charge in [0.15, 0.2) is 0 Å². The normalized spacial score (nSPS) is 18.8. The molecule has 32 heavy (non-hydrogen) atoms. The minimum atomic E-state index is -4.63. The standard InChI is InChI=1S/C21H22F3N5O2.ClH/c1-31-18-10-16-12(11-29(28-16)14-7-5-13(25)6-8-14)9-17(18)27-20(30)15-3-2-4-19(26-15)21(22,23)24;/h2-4,9-11,13-14H,5-8,25H2,1H3,(H,27,30);1H. The Balaban J connectivity index is 0.00000289. The fourth-order valence-electron chi connectivity index (χ4n) is 3.80. The van der Waals surface area contributed by atoms with Crippen LogP contribution in [0.15, 0.2) is 36.5 Å². The molecule has 0 aliphatic heterocycles. The average molecular weight is 470 g/mol. The van der Waals surface area contributed by atoms with Gasteiger partial charge in [-0.05, 0) is 43.9 Å². The van der Waals surface area contributed by atoms with Crippen LogP contribution in [-0.2, 0) is 6.18 Å². The second kappa shape index (κ2) is 9.33. The molecule has 1 amide bonds. The highest BCUT2D eigenvalue weighted by Crippen LogP contribution is 2.33. The highest BCUT2D eigenvalue weighted by molar-refractivity contribution is 6.05. The second-order valence-electron chi connectivity index (χ2n) is 7.65. The number of halogens is 4. The molecule has 2 aromatic heterocycles. The molecule has 0 radical (unpaired) electrons. The number of carbonyl (C=O) groups excluding carboxylic acids is 1. The van der Waals surface area contributed by atoms with Gasteiger partial charge in [-0.1, -0.05) is 6.07 Å². The highest BCUT2D eigenvalue weighted by atomic mass is 35.5. The molecule has 11 heteroatoms. The number of rotatable bonds is 4. The molecule has 0 bridgehead atoms. The Morgan fingerprint density at radius 2 is 1.94 bits per heavy atom. The van der Waals surface area contributed by atoms with E-state index in [1.165, 1.54) is 13.2 Å². The first kappa shape index (κ1) is 23.8. The Bertz CT molecular complexity index is 1110. The molecule has 172 valence electrons. The first-order valence-electron chi connectivity index (χ1n) is 9.92. The van der Waals surface area contributed by atoms with Crippen molar-refractivity contribution in [2.45, 2.75) is 43.9 Å². The van der Waals surface area contributed by atoms with E-state index in [1.807, 2.05) is 10.9 Å². The van der Waals surface area contributed by atoms with Crippen molar-refractivity contribution in [1.29, 1.82) is 0 Å². The molecule has 4 rings (SSSR count). The van der Waals surface area contributed by atoms with Gasteiger partial charge in [-0.15, -0.1) is 12.4 Å². The van der Waals surface area contributed by atoms with Crippen molar-refractivity contribution in [2.24, 2.45) is 5.73 Å². The number of nitrogens with zero attached hydrogens (tertiary/aromatic N) is 3. The van der Waals surface area contributed by atoms with Crippen LogP contribution >= 0.6 is 12.4 Å². The number of anilines is 1. The Morgan fingerprint density at radius 3 is 2.59 bits per heavy atom. The highest BCUT2D eigenvalue weighted by Gasteiger charge is 2.33. The van der Waals surface area contributed by atoms with E-state index >= 15 is 0 Å². The lowest BCUT2D eigenvalue weighted by molar-refractivity contribution is -0.141. The van der Waals surface area contributed by atoms with Gasteiger partial charge in [0, 0.05) is 23.7 Å². The van der Waals surface area contributed by atoms with E-state index in [0.29, 0.717) is 17.0 Å². The first-order chi connectivity index (χ1) is 14.7. The van der Waals surface area contributed by atoms with Crippen molar-refractivity contribution in [3.63, 3.8) is 0 Å². The van der Waals surface area contributed by atoms with E-state index in [-0.39, 0.29) is 30.2 Å². The Labute approximate surface area is 188 Å². The number of alkyl halides is 3. The molecule has 7 nitrogen and oxygen atoms in total. The molecule has 0 spiro atoms. The second-order valence-corrected chi connectivity index (χ2v) is 7.65. The van der Waals surface area contributed by atoms with E-state index in [9.17, 15) is 18.0 Å². The number of hydrogen-bond acceptors (Lipinski definition) is 5. The van der Waals surface area contributed by atoms with Gasteiger partial charge in [0.2, 0.25) is 0 Å². The van der Waals surface area contributed by atoms with Gasteiger partial charge in [-0.2, -0.15) is 18.3 Å².